The van der Waals surface area contributed by atoms with Gasteiger partial charge in [0.2, 0.25) is 11.8 Å². The zero-order chi connectivity index (χ0) is 38.5. The number of pyridine rings is 2. The van der Waals surface area contributed by atoms with Crippen LogP contribution >= 0.6 is 0 Å². The Hall–Kier alpha value is -6.32. The number of carbonyl (C=O) groups excluding carboxylic acids is 4. The Morgan fingerprint density at radius 3 is 1.41 bits per heavy atom. The van der Waals surface area contributed by atoms with E-state index < -0.39 is 23.7 Å². The summed E-state index contributed by atoms with van der Waals surface area (Å²) in [6.07, 6.45) is 9.01. The Morgan fingerprint density at radius 2 is 1.04 bits per heavy atom. The highest BCUT2D eigenvalue weighted by Gasteiger charge is 2.24. The van der Waals surface area contributed by atoms with Gasteiger partial charge in [-0.3, -0.25) is 19.6 Å². The monoisotopic (exact) mass is 744 g/mol. The van der Waals surface area contributed by atoms with E-state index in [9.17, 15) is 28.0 Å². The predicted molar refractivity (Wildman–Crippen MR) is 198 cm³/mol. The summed E-state index contributed by atoms with van der Waals surface area (Å²) in [5.74, 6) is -0.440. The topological polar surface area (TPSA) is 167 Å². The van der Waals surface area contributed by atoms with Gasteiger partial charge in [0.25, 0.3) is 0 Å². The molecule has 6 rings (SSSR count). The first-order valence-corrected chi connectivity index (χ1v) is 17.4. The Morgan fingerprint density at radius 1 is 0.630 bits per heavy atom. The number of benzene rings is 2. The van der Waals surface area contributed by atoms with Gasteiger partial charge in [-0.2, -0.15) is 0 Å². The third-order valence-electron chi connectivity index (χ3n) is 8.35. The van der Waals surface area contributed by atoms with Crippen LogP contribution in [0.15, 0.2) is 85.5 Å². The third-order valence-corrected chi connectivity index (χ3v) is 8.35. The Bertz CT molecular complexity index is 1770. The zero-order valence-electron chi connectivity index (χ0n) is 29.9. The van der Waals surface area contributed by atoms with Crippen LogP contribution in [0.2, 0.25) is 0 Å². The maximum atomic E-state index is 13.9. The molecule has 2 atom stereocenters. The Kier molecular flexibility index (Phi) is 13.7. The molecule has 2 aromatic carbocycles. The summed E-state index contributed by atoms with van der Waals surface area (Å²) in [7, 11) is 0. The van der Waals surface area contributed by atoms with Gasteiger partial charge in [-0.25, -0.2) is 18.4 Å². The molecule has 6 amide bonds. The van der Waals surface area contributed by atoms with Gasteiger partial charge in [-0.1, -0.05) is 0 Å². The first kappa shape index (κ1) is 38.9. The van der Waals surface area contributed by atoms with Crippen LogP contribution in [0.4, 0.5) is 41.1 Å². The Labute approximate surface area is 311 Å². The highest BCUT2D eigenvalue weighted by atomic mass is 19.1. The summed E-state index contributed by atoms with van der Waals surface area (Å²) in [4.78, 5) is 58.4. The van der Waals surface area contributed by atoms with Crippen molar-refractivity contribution in [2.45, 2.75) is 51.7 Å². The molecule has 2 aromatic heterocycles. The number of nitrogens with one attached hydrogen (secondary N) is 4. The number of aromatic nitrogens is 2. The molecule has 16 heteroatoms. The molecule has 0 aliphatic carbocycles. The van der Waals surface area contributed by atoms with Crippen molar-refractivity contribution in [2.75, 3.05) is 47.4 Å². The molecular weight excluding hydrogens is 702 g/mol. The first-order chi connectivity index (χ1) is 26.0. The molecule has 2 fully saturated rings. The number of urea groups is 2. The van der Waals surface area contributed by atoms with Crippen LogP contribution in [0.1, 0.15) is 39.5 Å². The van der Waals surface area contributed by atoms with Crippen LogP contribution < -0.4 is 30.7 Å². The molecule has 0 saturated carbocycles. The van der Waals surface area contributed by atoms with Crippen molar-refractivity contribution >= 4 is 46.6 Å². The fraction of sp³-hybridized carbons (Fsp3) is 0.316. The average Bonchev–Trinajstić information content (AvgIpc) is 3.12. The number of rotatable bonds is 8. The van der Waals surface area contributed by atoms with Gasteiger partial charge in [0.05, 0.1) is 36.9 Å². The summed E-state index contributed by atoms with van der Waals surface area (Å²) in [6, 6.07) is 13.8. The quantitative estimate of drug-likeness (QED) is 0.159. The van der Waals surface area contributed by atoms with Crippen molar-refractivity contribution in [3.8, 4) is 11.5 Å². The predicted octanol–water partition coefficient (Wildman–Crippen LogP) is 6.51. The lowest BCUT2D eigenvalue weighted by molar-refractivity contribution is -0.132. The standard InChI is InChI=1S/2C19H21FN4O3/c2*1-13(25)24-7-3-5-17(12-24)27-18-9-14(20)8-16(10-18)23-19(26)22-15-4-2-6-21-11-15/h2*2,4,6,8-11,17H,3,5,7,12H2,1H3,(H2,22,23,26)/t2*17-/m11/s1. The van der Waals surface area contributed by atoms with Crippen molar-refractivity contribution in [1.29, 1.82) is 0 Å². The van der Waals surface area contributed by atoms with Gasteiger partial charge < -0.3 is 40.5 Å². The van der Waals surface area contributed by atoms with E-state index in [1.54, 1.807) is 58.6 Å². The fourth-order valence-corrected chi connectivity index (χ4v) is 5.89. The number of halogens is 2. The molecule has 54 heavy (non-hydrogen) atoms. The molecule has 2 aliphatic rings. The van der Waals surface area contributed by atoms with Crippen molar-refractivity contribution in [1.82, 2.24) is 19.8 Å². The van der Waals surface area contributed by atoms with Crippen molar-refractivity contribution in [3.63, 3.8) is 0 Å². The summed E-state index contributed by atoms with van der Waals surface area (Å²) < 4.78 is 39.6. The lowest BCUT2D eigenvalue weighted by Crippen LogP contribution is -2.43. The van der Waals surface area contributed by atoms with Crippen molar-refractivity contribution < 1.29 is 37.4 Å². The third kappa shape index (κ3) is 12.4. The van der Waals surface area contributed by atoms with E-state index in [1.807, 2.05) is 0 Å². The van der Waals surface area contributed by atoms with Crippen molar-refractivity contribution in [2.24, 2.45) is 0 Å². The highest BCUT2D eigenvalue weighted by molar-refractivity contribution is 6.00. The maximum absolute atomic E-state index is 13.9. The molecule has 0 radical (unpaired) electrons. The van der Waals surface area contributed by atoms with E-state index in [0.29, 0.717) is 49.1 Å². The normalized spacial score (nSPS) is 16.5. The second-order valence-corrected chi connectivity index (χ2v) is 12.7. The summed E-state index contributed by atoms with van der Waals surface area (Å²) in [6.45, 7) is 5.40. The van der Waals surface area contributed by atoms with Gasteiger partial charge in [-0.15, -0.1) is 0 Å². The fourth-order valence-electron chi connectivity index (χ4n) is 5.89. The first-order valence-electron chi connectivity index (χ1n) is 17.4. The number of hydrogen-bond acceptors (Lipinski definition) is 8. The zero-order valence-corrected chi connectivity index (χ0v) is 29.9. The van der Waals surface area contributed by atoms with E-state index in [1.165, 1.54) is 50.5 Å². The Balaban J connectivity index is 0.000000208. The van der Waals surface area contributed by atoms with Crippen molar-refractivity contribution in [3.05, 3.63) is 97.1 Å². The van der Waals surface area contributed by atoms with Crippen LogP contribution in [0.5, 0.6) is 11.5 Å². The SMILES string of the molecule is CC(=O)N1CCC[C@@H](Oc2cc(F)cc(NC(=O)Nc3cccnc3)c2)C1.CC(=O)N1CCC[C@@H](Oc2cc(F)cc(NC(=O)Nc3cccnc3)c2)C1. The van der Waals surface area contributed by atoms with E-state index in [2.05, 4.69) is 31.2 Å². The molecule has 4 aromatic rings. The molecule has 0 spiro atoms. The van der Waals surface area contributed by atoms with Crippen LogP contribution in [0.3, 0.4) is 0 Å². The van der Waals surface area contributed by atoms with Gasteiger partial charge in [0.1, 0.15) is 35.3 Å². The summed E-state index contributed by atoms with van der Waals surface area (Å²) in [5.41, 5.74) is 1.58. The molecule has 0 bridgehead atoms. The number of likely N-dealkylation sites (tertiary alicyclic amines) is 2. The number of nitrogens with zero attached hydrogens (tertiary/aromatic N) is 4. The molecular formula is C38H42F2N8O6. The van der Waals surface area contributed by atoms with Crippen LogP contribution in [0, 0.1) is 11.6 Å². The molecule has 2 saturated heterocycles. The average molecular weight is 745 g/mol. The number of anilines is 4. The molecule has 14 nitrogen and oxygen atoms in total. The van der Waals surface area contributed by atoms with Gasteiger partial charge in [-0.05, 0) is 62.1 Å². The number of amides is 6. The van der Waals surface area contributed by atoms with Crippen LogP contribution in [-0.2, 0) is 9.59 Å². The summed E-state index contributed by atoms with van der Waals surface area (Å²) >= 11 is 0. The molecule has 284 valence electrons. The second-order valence-electron chi connectivity index (χ2n) is 12.7. The minimum Gasteiger partial charge on any atom is -0.488 e. The second kappa shape index (κ2) is 19.0. The van der Waals surface area contributed by atoms with E-state index in [4.69, 9.17) is 9.47 Å². The van der Waals surface area contributed by atoms with Gasteiger partial charge in [0, 0.05) is 75.0 Å². The molecule has 4 heterocycles. The number of piperidine rings is 2. The van der Waals surface area contributed by atoms with E-state index in [0.717, 1.165) is 25.7 Å². The number of ether oxygens (including phenoxy) is 2. The minimum atomic E-state index is -0.525. The molecule has 4 N–H and O–H groups in total. The van der Waals surface area contributed by atoms with Gasteiger partial charge >= 0.3 is 12.1 Å². The highest BCUT2D eigenvalue weighted by Crippen LogP contribution is 2.26. The van der Waals surface area contributed by atoms with Crippen LogP contribution in [-0.4, -0.2) is 82.0 Å². The largest absolute Gasteiger partial charge is 0.488 e. The summed E-state index contributed by atoms with van der Waals surface area (Å²) in [5, 5.41) is 10.4. The van der Waals surface area contributed by atoms with E-state index >= 15 is 0 Å². The molecule has 0 unspecified atom stereocenters. The number of carbonyl (C=O) groups is 4. The number of hydrogen-bond donors (Lipinski definition) is 4. The lowest BCUT2D eigenvalue weighted by Gasteiger charge is -2.32. The molecule has 2 aliphatic heterocycles. The lowest BCUT2D eigenvalue weighted by atomic mass is 10.1. The van der Waals surface area contributed by atoms with Gasteiger partial charge in [0.15, 0.2) is 0 Å². The smallest absolute Gasteiger partial charge is 0.323 e. The van der Waals surface area contributed by atoms with Crippen LogP contribution in [0.25, 0.3) is 0 Å². The minimum absolute atomic E-state index is 0.00280. The maximum Gasteiger partial charge on any atom is 0.323 e. The van der Waals surface area contributed by atoms with E-state index in [-0.39, 0.29) is 35.4 Å².